The van der Waals surface area contributed by atoms with Gasteiger partial charge in [-0.3, -0.25) is 0 Å². The average Bonchev–Trinajstić information content (AvgIpc) is 2.45. The Morgan fingerprint density at radius 3 is 2.90 bits per heavy atom. The summed E-state index contributed by atoms with van der Waals surface area (Å²) in [7, 11) is 0. The molecule has 0 amide bonds. The third-order valence-corrected chi connectivity index (χ3v) is 4.57. The zero-order valence-corrected chi connectivity index (χ0v) is 13.0. The van der Waals surface area contributed by atoms with Gasteiger partial charge in [-0.1, -0.05) is 24.3 Å². The maximum atomic E-state index is 13.7. The van der Waals surface area contributed by atoms with Crippen molar-refractivity contribution in [2.45, 2.75) is 32.2 Å². The molecule has 0 saturated carbocycles. The molecule has 0 heterocycles. The van der Waals surface area contributed by atoms with Crippen LogP contribution in [0.2, 0.25) is 0 Å². The fraction of sp³-hybridized carbons (Fsp3) is 0.294. The third kappa shape index (κ3) is 2.59. The first kappa shape index (κ1) is 13.6. The fourth-order valence-electron chi connectivity index (χ4n) is 2.89. The van der Waals surface area contributed by atoms with Gasteiger partial charge >= 0.3 is 0 Å². The van der Waals surface area contributed by atoms with Gasteiger partial charge in [-0.2, -0.15) is 0 Å². The van der Waals surface area contributed by atoms with E-state index < -0.39 is 0 Å². The van der Waals surface area contributed by atoms with Crippen LogP contribution in [0.15, 0.2) is 40.9 Å². The summed E-state index contributed by atoms with van der Waals surface area (Å²) in [6, 6.07) is 12.2. The van der Waals surface area contributed by atoms with Crippen LogP contribution < -0.4 is 5.32 Å². The van der Waals surface area contributed by atoms with Crippen LogP contribution in [-0.2, 0) is 6.42 Å². The Bertz CT molecular complexity index is 639. The first-order valence-electron chi connectivity index (χ1n) is 6.95. The second-order valence-electron chi connectivity index (χ2n) is 5.37. The van der Waals surface area contributed by atoms with E-state index >= 15 is 0 Å². The van der Waals surface area contributed by atoms with Crippen molar-refractivity contribution in [3.8, 4) is 0 Å². The van der Waals surface area contributed by atoms with Gasteiger partial charge in [0.1, 0.15) is 5.82 Å². The second-order valence-corrected chi connectivity index (χ2v) is 6.22. The molecule has 0 spiro atoms. The summed E-state index contributed by atoms with van der Waals surface area (Å²) in [6.07, 6.45) is 3.41. The van der Waals surface area contributed by atoms with Crippen LogP contribution in [0.4, 0.5) is 10.1 Å². The van der Waals surface area contributed by atoms with E-state index in [1.54, 1.807) is 6.07 Å². The Labute approximate surface area is 127 Å². The molecular formula is C17H17BrFN. The fourth-order valence-corrected chi connectivity index (χ4v) is 3.35. The van der Waals surface area contributed by atoms with Gasteiger partial charge in [0.15, 0.2) is 0 Å². The van der Waals surface area contributed by atoms with Gasteiger partial charge in [-0.15, -0.1) is 0 Å². The molecule has 2 aromatic rings. The number of hydrogen-bond donors (Lipinski definition) is 1. The standard InChI is InChI=1S/C17H17BrFN/c1-11-9-14(18)15(19)10-17(11)20-16-8-4-6-12-5-2-3-7-13(12)16/h2-3,5,7,9-10,16,20H,4,6,8H2,1H3. The summed E-state index contributed by atoms with van der Waals surface area (Å²) in [4.78, 5) is 0. The van der Waals surface area contributed by atoms with Crippen molar-refractivity contribution in [3.05, 3.63) is 63.4 Å². The Balaban J connectivity index is 1.91. The van der Waals surface area contributed by atoms with E-state index in [0.717, 1.165) is 24.1 Å². The van der Waals surface area contributed by atoms with Crippen LogP contribution in [-0.4, -0.2) is 0 Å². The largest absolute Gasteiger partial charge is 0.378 e. The minimum atomic E-state index is -0.220. The second kappa shape index (κ2) is 5.57. The van der Waals surface area contributed by atoms with E-state index in [-0.39, 0.29) is 11.9 Å². The molecule has 1 unspecified atom stereocenters. The Hall–Kier alpha value is -1.35. The lowest BCUT2D eigenvalue weighted by Crippen LogP contribution is -2.17. The lowest BCUT2D eigenvalue weighted by atomic mass is 9.87. The SMILES string of the molecule is Cc1cc(Br)c(F)cc1NC1CCCc2ccccc21. The van der Waals surface area contributed by atoms with Gasteiger partial charge in [-0.25, -0.2) is 4.39 Å². The Morgan fingerprint density at radius 1 is 1.25 bits per heavy atom. The molecule has 1 atom stereocenters. The predicted molar refractivity (Wildman–Crippen MR) is 84.6 cm³/mol. The topological polar surface area (TPSA) is 12.0 Å². The van der Waals surface area contributed by atoms with Gasteiger partial charge < -0.3 is 5.32 Å². The smallest absolute Gasteiger partial charge is 0.139 e. The van der Waals surface area contributed by atoms with Gasteiger partial charge in [0.05, 0.1) is 10.5 Å². The lowest BCUT2D eigenvalue weighted by molar-refractivity contribution is 0.596. The van der Waals surface area contributed by atoms with Crippen molar-refractivity contribution < 1.29 is 4.39 Å². The first-order chi connectivity index (χ1) is 9.65. The van der Waals surface area contributed by atoms with Crippen LogP contribution in [0.25, 0.3) is 0 Å². The Morgan fingerprint density at radius 2 is 2.05 bits per heavy atom. The average molecular weight is 334 g/mol. The van der Waals surface area contributed by atoms with E-state index in [9.17, 15) is 4.39 Å². The monoisotopic (exact) mass is 333 g/mol. The Kier molecular flexibility index (Phi) is 3.79. The number of anilines is 1. The van der Waals surface area contributed by atoms with E-state index in [2.05, 4.69) is 45.5 Å². The maximum absolute atomic E-state index is 13.7. The van der Waals surface area contributed by atoms with Crippen LogP contribution in [0.5, 0.6) is 0 Å². The molecule has 0 aromatic heterocycles. The van der Waals surface area contributed by atoms with Gasteiger partial charge in [0.25, 0.3) is 0 Å². The van der Waals surface area contributed by atoms with Crippen molar-refractivity contribution >= 4 is 21.6 Å². The minimum absolute atomic E-state index is 0.220. The van der Waals surface area contributed by atoms with Crippen molar-refractivity contribution in [1.82, 2.24) is 0 Å². The highest BCUT2D eigenvalue weighted by Gasteiger charge is 2.20. The molecule has 1 N–H and O–H groups in total. The van der Waals surface area contributed by atoms with Crippen molar-refractivity contribution in [1.29, 1.82) is 0 Å². The highest BCUT2D eigenvalue weighted by atomic mass is 79.9. The van der Waals surface area contributed by atoms with Crippen molar-refractivity contribution in [2.75, 3.05) is 5.32 Å². The zero-order chi connectivity index (χ0) is 14.1. The molecular weight excluding hydrogens is 317 g/mol. The highest BCUT2D eigenvalue weighted by molar-refractivity contribution is 9.10. The molecule has 0 radical (unpaired) electrons. The normalized spacial score (nSPS) is 17.6. The molecule has 0 bridgehead atoms. The molecule has 3 heteroatoms. The first-order valence-corrected chi connectivity index (χ1v) is 7.74. The predicted octanol–water partition coefficient (Wildman–Crippen LogP) is 5.39. The summed E-state index contributed by atoms with van der Waals surface area (Å²) in [5, 5.41) is 3.51. The van der Waals surface area contributed by atoms with Gasteiger partial charge in [-0.05, 0) is 70.9 Å². The number of benzene rings is 2. The summed E-state index contributed by atoms with van der Waals surface area (Å²) in [6.45, 7) is 2.00. The number of fused-ring (bicyclic) bond motifs is 1. The number of halogens is 2. The molecule has 1 nitrogen and oxygen atoms in total. The number of nitrogens with one attached hydrogen (secondary N) is 1. The molecule has 1 aliphatic carbocycles. The zero-order valence-electron chi connectivity index (χ0n) is 11.4. The minimum Gasteiger partial charge on any atom is -0.378 e. The summed E-state index contributed by atoms with van der Waals surface area (Å²) < 4.78 is 14.2. The lowest BCUT2D eigenvalue weighted by Gasteiger charge is -2.28. The quantitative estimate of drug-likeness (QED) is 0.777. The molecule has 0 fully saturated rings. The molecule has 0 aliphatic heterocycles. The van der Waals surface area contributed by atoms with Crippen LogP contribution in [0.3, 0.4) is 0 Å². The van der Waals surface area contributed by atoms with E-state index in [0.29, 0.717) is 4.47 Å². The number of hydrogen-bond acceptors (Lipinski definition) is 1. The van der Waals surface area contributed by atoms with Crippen LogP contribution in [0.1, 0.15) is 35.6 Å². The van der Waals surface area contributed by atoms with E-state index in [4.69, 9.17) is 0 Å². The third-order valence-electron chi connectivity index (χ3n) is 3.97. The molecule has 20 heavy (non-hydrogen) atoms. The summed E-state index contributed by atoms with van der Waals surface area (Å²) >= 11 is 3.23. The molecule has 104 valence electrons. The number of aryl methyl sites for hydroxylation is 2. The number of rotatable bonds is 2. The van der Waals surface area contributed by atoms with Gasteiger partial charge in [0.2, 0.25) is 0 Å². The molecule has 0 saturated heterocycles. The molecule has 3 rings (SSSR count). The van der Waals surface area contributed by atoms with Crippen molar-refractivity contribution in [2.24, 2.45) is 0 Å². The van der Waals surface area contributed by atoms with E-state index in [1.807, 2.05) is 13.0 Å². The maximum Gasteiger partial charge on any atom is 0.139 e. The molecule has 1 aliphatic rings. The van der Waals surface area contributed by atoms with Crippen LogP contribution in [0, 0.1) is 12.7 Å². The highest BCUT2D eigenvalue weighted by Crippen LogP contribution is 2.34. The van der Waals surface area contributed by atoms with Crippen molar-refractivity contribution in [3.63, 3.8) is 0 Å². The summed E-state index contributed by atoms with van der Waals surface area (Å²) in [5.74, 6) is -0.220. The van der Waals surface area contributed by atoms with Crippen LogP contribution >= 0.6 is 15.9 Å². The summed E-state index contributed by atoms with van der Waals surface area (Å²) in [5.41, 5.74) is 4.70. The molecule has 2 aromatic carbocycles. The van der Waals surface area contributed by atoms with E-state index in [1.165, 1.54) is 17.5 Å². The van der Waals surface area contributed by atoms with Gasteiger partial charge in [0, 0.05) is 5.69 Å².